The third kappa shape index (κ3) is 6.74. The maximum atomic E-state index is 5.32. The summed E-state index contributed by atoms with van der Waals surface area (Å²) in [5.41, 5.74) is -0.120. The quantitative estimate of drug-likeness (QED) is 0.465. The Morgan fingerprint density at radius 2 is 1.90 bits per heavy atom. The number of hydrogen-bond donors (Lipinski definition) is 1. The Kier molecular flexibility index (Phi) is 6.77. The first-order valence-electron chi connectivity index (χ1n) is 6.26. The van der Waals surface area contributed by atoms with Crippen molar-refractivity contribution in [2.45, 2.75) is 26.3 Å². The van der Waals surface area contributed by atoms with Crippen LogP contribution in [-0.4, -0.2) is 47.6 Å². The second-order valence-electron chi connectivity index (χ2n) is 5.11. The van der Waals surface area contributed by atoms with Gasteiger partial charge in [0.15, 0.2) is 18.4 Å². The first-order valence-corrected chi connectivity index (χ1v) is 6.67. The zero-order chi connectivity index (χ0) is 15.0. The van der Waals surface area contributed by atoms with Crippen LogP contribution in [0.5, 0.6) is 5.75 Å². The molecule has 0 aliphatic rings. The zero-order valence-electron chi connectivity index (χ0n) is 12.3. The van der Waals surface area contributed by atoms with Crippen LogP contribution in [0.15, 0.2) is 12.4 Å². The SMILES string of the molecule is COCCOCOc1cnc(C(=S)NC(C)(C)C)nc1. The van der Waals surface area contributed by atoms with Crippen molar-refractivity contribution in [2.24, 2.45) is 0 Å². The molecule has 1 heterocycles. The first-order chi connectivity index (χ1) is 9.42. The summed E-state index contributed by atoms with van der Waals surface area (Å²) in [5.74, 6) is 1.01. The van der Waals surface area contributed by atoms with E-state index >= 15 is 0 Å². The fraction of sp³-hybridized carbons (Fsp3) is 0.615. The molecule has 0 fully saturated rings. The summed E-state index contributed by atoms with van der Waals surface area (Å²) in [6.07, 6.45) is 3.14. The topological polar surface area (TPSA) is 65.5 Å². The van der Waals surface area contributed by atoms with Crippen LogP contribution < -0.4 is 10.1 Å². The van der Waals surface area contributed by atoms with E-state index < -0.39 is 0 Å². The highest BCUT2D eigenvalue weighted by atomic mass is 32.1. The molecule has 7 heteroatoms. The van der Waals surface area contributed by atoms with Crippen LogP contribution in [0.2, 0.25) is 0 Å². The van der Waals surface area contributed by atoms with Gasteiger partial charge in [0.25, 0.3) is 0 Å². The van der Waals surface area contributed by atoms with Crippen molar-refractivity contribution in [1.82, 2.24) is 15.3 Å². The van der Waals surface area contributed by atoms with Crippen molar-refractivity contribution in [2.75, 3.05) is 27.1 Å². The summed E-state index contributed by atoms with van der Waals surface area (Å²) in [4.78, 5) is 8.83. The lowest BCUT2D eigenvalue weighted by Gasteiger charge is -2.21. The van der Waals surface area contributed by atoms with Crippen LogP contribution in [0.3, 0.4) is 0 Å². The van der Waals surface area contributed by atoms with Crippen LogP contribution in [0.25, 0.3) is 0 Å². The van der Waals surface area contributed by atoms with Gasteiger partial charge in [-0.15, -0.1) is 0 Å². The highest BCUT2D eigenvalue weighted by Crippen LogP contribution is 2.08. The van der Waals surface area contributed by atoms with Crippen molar-refractivity contribution in [1.29, 1.82) is 0 Å². The average molecular weight is 299 g/mol. The Hall–Kier alpha value is -1.31. The molecule has 1 N–H and O–H groups in total. The van der Waals surface area contributed by atoms with Crippen LogP contribution in [-0.2, 0) is 9.47 Å². The normalized spacial score (nSPS) is 11.2. The summed E-state index contributed by atoms with van der Waals surface area (Å²) in [5, 5.41) is 3.15. The molecule has 0 aliphatic heterocycles. The number of thiocarbonyl (C=S) groups is 1. The van der Waals surface area contributed by atoms with Gasteiger partial charge in [-0.05, 0) is 20.8 Å². The Labute approximate surface area is 124 Å². The molecule has 1 aromatic heterocycles. The zero-order valence-corrected chi connectivity index (χ0v) is 13.1. The molecule has 0 radical (unpaired) electrons. The molecule has 0 amide bonds. The average Bonchev–Trinajstić information content (AvgIpc) is 2.37. The predicted molar refractivity (Wildman–Crippen MR) is 79.9 cm³/mol. The summed E-state index contributed by atoms with van der Waals surface area (Å²) < 4.78 is 15.4. The molecule has 0 atom stereocenters. The first kappa shape index (κ1) is 16.7. The molecular weight excluding hydrogens is 278 g/mol. The van der Waals surface area contributed by atoms with E-state index in [1.165, 1.54) is 0 Å². The van der Waals surface area contributed by atoms with E-state index in [4.69, 9.17) is 26.4 Å². The Bertz CT molecular complexity index is 418. The number of methoxy groups -OCH3 is 1. The van der Waals surface area contributed by atoms with Crippen LogP contribution in [0.4, 0.5) is 0 Å². The van der Waals surface area contributed by atoms with Crippen molar-refractivity contribution in [3.05, 3.63) is 18.2 Å². The third-order valence-electron chi connectivity index (χ3n) is 2.06. The minimum atomic E-state index is -0.120. The molecule has 1 aromatic rings. The lowest BCUT2D eigenvalue weighted by molar-refractivity contribution is -0.00879. The van der Waals surface area contributed by atoms with Crippen molar-refractivity contribution < 1.29 is 14.2 Å². The molecule has 0 saturated carbocycles. The van der Waals surface area contributed by atoms with E-state index in [2.05, 4.69) is 15.3 Å². The van der Waals surface area contributed by atoms with E-state index in [-0.39, 0.29) is 12.3 Å². The van der Waals surface area contributed by atoms with Gasteiger partial charge in [0.05, 0.1) is 25.6 Å². The summed E-state index contributed by atoms with van der Waals surface area (Å²) in [6, 6.07) is 0. The van der Waals surface area contributed by atoms with E-state index in [1.807, 2.05) is 20.8 Å². The van der Waals surface area contributed by atoms with Crippen LogP contribution in [0, 0.1) is 0 Å². The number of ether oxygens (including phenoxy) is 3. The fourth-order valence-corrected chi connectivity index (χ4v) is 1.63. The molecule has 6 nitrogen and oxygen atoms in total. The monoisotopic (exact) mass is 299 g/mol. The second-order valence-corrected chi connectivity index (χ2v) is 5.52. The highest BCUT2D eigenvalue weighted by molar-refractivity contribution is 7.80. The minimum Gasteiger partial charge on any atom is -0.464 e. The number of rotatable bonds is 7. The minimum absolute atomic E-state index is 0.120. The summed E-state index contributed by atoms with van der Waals surface area (Å²) in [7, 11) is 1.62. The van der Waals surface area contributed by atoms with Gasteiger partial charge in [-0.2, -0.15) is 0 Å². The molecular formula is C13H21N3O3S. The highest BCUT2D eigenvalue weighted by Gasteiger charge is 2.14. The van der Waals surface area contributed by atoms with Crippen LogP contribution >= 0.6 is 12.2 Å². The number of nitrogens with one attached hydrogen (secondary N) is 1. The standard InChI is InChI=1S/C13H21N3O3S/c1-13(2,3)16-12(20)11-14-7-10(8-15-11)19-9-18-6-5-17-4/h7-8H,5-6,9H2,1-4H3,(H,16,20). The third-order valence-corrected chi connectivity index (χ3v) is 2.35. The van der Waals surface area contributed by atoms with Gasteiger partial charge in [0.1, 0.15) is 4.99 Å². The van der Waals surface area contributed by atoms with Crippen molar-refractivity contribution in [3.8, 4) is 5.75 Å². The molecule has 0 bridgehead atoms. The predicted octanol–water partition coefficient (Wildman–Crippen LogP) is 1.54. The maximum absolute atomic E-state index is 5.32. The molecule has 0 spiro atoms. The van der Waals surface area contributed by atoms with E-state index in [9.17, 15) is 0 Å². The Balaban J connectivity index is 2.42. The van der Waals surface area contributed by atoms with Gasteiger partial charge in [0, 0.05) is 12.6 Å². The maximum Gasteiger partial charge on any atom is 0.189 e. The van der Waals surface area contributed by atoms with Gasteiger partial charge in [-0.1, -0.05) is 12.2 Å². The van der Waals surface area contributed by atoms with Crippen LogP contribution in [0.1, 0.15) is 26.6 Å². The Morgan fingerprint density at radius 3 is 2.45 bits per heavy atom. The summed E-state index contributed by atoms with van der Waals surface area (Å²) >= 11 is 5.23. The molecule has 112 valence electrons. The van der Waals surface area contributed by atoms with Crippen molar-refractivity contribution >= 4 is 17.2 Å². The van der Waals surface area contributed by atoms with Gasteiger partial charge in [0.2, 0.25) is 0 Å². The van der Waals surface area contributed by atoms with E-state index in [0.717, 1.165) is 0 Å². The smallest absolute Gasteiger partial charge is 0.189 e. The number of nitrogens with zero attached hydrogens (tertiary/aromatic N) is 2. The molecule has 0 aliphatic carbocycles. The lowest BCUT2D eigenvalue weighted by Crippen LogP contribution is -2.40. The van der Waals surface area contributed by atoms with E-state index in [1.54, 1.807) is 19.5 Å². The van der Waals surface area contributed by atoms with Gasteiger partial charge in [-0.3, -0.25) is 0 Å². The second kappa shape index (κ2) is 8.08. The van der Waals surface area contributed by atoms with Gasteiger partial charge in [-0.25, -0.2) is 9.97 Å². The molecule has 20 heavy (non-hydrogen) atoms. The lowest BCUT2D eigenvalue weighted by atomic mass is 10.1. The largest absolute Gasteiger partial charge is 0.464 e. The fourth-order valence-electron chi connectivity index (χ4n) is 1.22. The molecule has 1 rings (SSSR count). The molecule has 0 unspecified atom stereocenters. The van der Waals surface area contributed by atoms with Gasteiger partial charge >= 0.3 is 0 Å². The van der Waals surface area contributed by atoms with E-state index in [0.29, 0.717) is 29.8 Å². The van der Waals surface area contributed by atoms with Crippen molar-refractivity contribution in [3.63, 3.8) is 0 Å². The summed E-state index contributed by atoms with van der Waals surface area (Å²) in [6.45, 7) is 7.22. The Morgan fingerprint density at radius 1 is 1.25 bits per heavy atom. The number of aromatic nitrogens is 2. The van der Waals surface area contributed by atoms with Gasteiger partial charge < -0.3 is 19.5 Å². The molecule has 0 saturated heterocycles. The molecule has 0 aromatic carbocycles. The number of hydrogen-bond acceptors (Lipinski definition) is 6.